The maximum Gasteiger partial charge on any atom is 0.0938 e. The zero-order valence-electron chi connectivity index (χ0n) is 15.6. The molecule has 26 heavy (non-hydrogen) atoms. The molecule has 0 amide bonds. The standard InChI is InChI=1S/C22H28ClNO2/c1-24(2)15-19-14-21(26-16-17-6-4-3-5-7-17)12-13-22(19,25)18-8-10-20(23)11-9-18/h3-11,19,21,25H,12-16H2,1-2H3. The van der Waals surface area contributed by atoms with E-state index in [4.69, 9.17) is 16.3 Å². The molecule has 0 aromatic heterocycles. The summed E-state index contributed by atoms with van der Waals surface area (Å²) >= 11 is 6.03. The van der Waals surface area contributed by atoms with Crippen molar-refractivity contribution in [3.8, 4) is 0 Å². The van der Waals surface area contributed by atoms with Crippen LogP contribution in [-0.2, 0) is 16.9 Å². The normalized spacial score (nSPS) is 26.2. The van der Waals surface area contributed by atoms with Crippen LogP contribution in [0.25, 0.3) is 0 Å². The first-order valence-corrected chi connectivity index (χ1v) is 9.64. The molecule has 0 spiro atoms. The summed E-state index contributed by atoms with van der Waals surface area (Å²) in [5.74, 6) is 0.119. The van der Waals surface area contributed by atoms with Crippen LogP contribution in [0.2, 0.25) is 5.02 Å². The Morgan fingerprint density at radius 2 is 1.81 bits per heavy atom. The van der Waals surface area contributed by atoms with Crippen LogP contribution in [0.15, 0.2) is 54.6 Å². The van der Waals surface area contributed by atoms with Crippen molar-refractivity contribution in [2.24, 2.45) is 5.92 Å². The van der Waals surface area contributed by atoms with Crippen molar-refractivity contribution >= 4 is 11.6 Å². The number of nitrogens with zero attached hydrogens (tertiary/aromatic N) is 1. The number of halogens is 1. The van der Waals surface area contributed by atoms with Gasteiger partial charge in [0.25, 0.3) is 0 Å². The molecular weight excluding hydrogens is 346 g/mol. The summed E-state index contributed by atoms with van der Waals surface area (Å²) in [6.07, 6.45) is 2.58. The van der Waals surface area contributed by atoms with Crippen molar-refractivity contribution in [1.82, 2.24) is 4.90 Å². The third kappa shape index (κ3) is 4.66. The minimum Gasteiger partial charge on any atom is -0.385 e. The summed E-state index contributed by atoms with van der Waals surface area (Å²) in [7, 11) is 4.10. The van der Waals surface area contributed by atoms with Gasteiger partial charge in [0.05, 0.1) is 18.3 Å². The Hall–Kier alpha value is -1.39. The van der Waals surface area contributed by atoms with Gasteiger partial charge in [0, 0.05) is 17.5 Å². The van der Waals surface area contributed by atoms with Gasteiger partial charge in [0.1, 0.15) is 0 Å². The van der Waals surface area contributed by atoms with Crippen molar-refractivity contribution in [2.45, 2.75) is 37.6 Å². The summed E-state index contributed by atoms with van der Waals surface area (Å²) in [6, 6.07) is 17.9. The van der Waals surface area contributed by atoms with Gasteiger partial charge in [0.2, 0.25) is 0 Å². The molecule has 0 radical (unpaired) electrons. The van der Waals surface area contributed by atoms with E-state index < -0.39 is 5.60 Å². The summed E-state index contributed by atoms with van der Waals surface area (Å²) < 4.78 is 6.18. The molecule has 1 N–H and O–H groups in total. The van der Waals surface area contributed by atoms with E-state index in [-0.39, 0.29) is 12.0 Å². The second-order valence-electron chi connectivity index (χ2n) is 7.58. The number of aliphatic hydroxyl groups is 1. The van der Waals surface area contributed by atoms with Gasteiger partial charge in [-0.15, -0.1) is 0 Å². The monoisotopic (exact) mass is 373 g/mol. The third-order valence-corrected chi connectivity index (χ3v) is 5.58. The van der Waals surface area contributed by atoms with Gasteiger partial charge in [-0.25, -0.2) is 0 Å². The van der Waals surface area contributed by atoms with Crippen molar-refractivity contribution in [1.29, 1.82) is 0 Å². The molecule has 1 fully saturated rings. The maximum atomic E-state index is 11.5. The molecule has 3 atom stereocenters. The first kappa shape index (κ1) is 19.4. The predicted molar refractivity (Wildman–Crippen MR) is 106 cm³/mol. The fourth-order valence-electron chi connectivity index (χ4n) is 3.94. The molecule has 3 nitrogen and oxygen atoms in total. The number of benzene rings is 2. The van der Waals surface area contributed by atoms with Crippen molar-refractivity contribution < 1.29 is 9.84 Å². The molecule has 140 valence electrons. The van der Waals surface area contributed by atoms with Crippen molar-refractivity contribution in [3.63, 3.8) is 0 Å². The highest BCUT2D eigenvalue weighted by molar-refractivity contribution is 6.30. The minimum absolute atomic E-state index is 0.119. The largest absolute Gasteiger partial charge is 0.385 e. The van der Waals surface area contributed by atoms with Crippen molar-refractivity contribution in [2.75, 3.05) is 20.6 Å². The fourth-order valence-corrected chi connectivity index (χ4v) is 4.07. The SMILES string of the molecule is CN(C)CC1CC(OCc2ccccc2)CCC1(O)c1ccc(Cl)cc1. The summed E-state index contributed by atoms with van der Waals surface area (Å²) in [4.78, 5) is 2.14. The predicted octanol–water partition coefficient (Wildman–Crippen LogP) is 4.47. The topological polar surface area (TPSA) is 32.7 Å². The molecule has 0 saturated heterocycles. The Labute approximate surface area is 161 Å². The molecule has 4 heteroatoms. The average Bonchev–Trinajstić information content (AvgIpc) is 2.63. The zero-order chi connectivity index (χ0) is 18.6. The molecule has 2 aromatic rings. The van der Waals surface area contributed by atoms with E-state index in [2.05, 4.69) is 31.1 Å². The zero-order valence-corrected chi connectivity index (χ0v) is 16.3. The maximum absolute atomic E-state index is 11.5. The van der Waals surface area contributed by atoms with Crippen LogP contribution < -0.4 is 0 Å². The van der Waals surface area contributed by atoms with Crippen LogP contribution in [0, 0.1) is 5.92 Å². The second kappa shape index (κ2) is 8.53. The lowest BCUT2D eigenvalue weighted by Gasteiger charge is -2.44. The quantitative estimate of drug-likeness (QED) is 0.810. The Morgan fingerprint density at radius 1 is 1.12 bits per heavy atom. The minimum atomic E-state index is -0.832. The van der Waals surface area contributed by atoms with E-state index in [9.17, 15) is 5.11 Å². The molecule has 1 saturated carbocycles. The highest BCUT2D eigenvalue weighted by Gasteiger charge is 2.43. The van der Waals surface area contributed by atoms with E-state index in [1.807, 2.05) is 42.5 Å². The van der Waals surface area contributed by atoms with Crippen LogP contribution in [0.1, 0.15) is 30.4 Å². The van der Waals surface area contributed by atoms with Crippen LogP contribution >= 0.6 is 11.6 Å². The van der Waals surface area contributed by atoms with E-state index in [0.29, 0.717) is 18.1 Å². The van der Waals surface area contributed by atoms with E-state index in [0.717, 1.165) is 24.9 Å². The highest BCUT2D eigenvalue weighted by Crippen LogP contribution is 2.43. The fraction of sp³-hybridized carbons (Fsp3) is 0.455. The van der Waals surface area contributed by atoms with E-state index in [1.54, 1.807) is 0 Å². The summed E-state index contributed by atoms with van der Waals surface area (Å²) in [6.45, 7) is 1.45. The van der Waals surface area contributed by atoms with Crippen LogP contribution in [0.3, 0.4) is 0 Å². The number of rotatable bonds is 6. The Bertz CT molecular complexity index is 689. The average molecular weight is 374 g/mol. The first-order chi connectivity index (χ1) is 12.5. The Balaban J connectivity index is 1.71. The summed E-state index contributed by atoms with van der Waals surface area (Å²) in [5, 5.41) is 12.2. The van der Waals surface area contributed by atoms with Crippen LogP contribution in [-0.4, -0.2) is 36.8 Å². The van der Waals surface area contributed by atoms with Crippen LogP contribution in [0.4, 0.5) is 0 Å². The van der Waals surface area contributed by atoms with E-state index >= 15 is 0 Å². The van der Waals surface area contributed by atoms with Gasteiger partial charge in [-0.1, -0.05) is 54.1 Å². The summed E-state index contributed by atoms with van der Waals surface area (Å²) in [5.41, 5.74) is 1.31. The molecule has 0 bridgehead atoms. The molecule has 2 aromatic carbocycles. The first-order valence-electron chi connectivity index (χ1n) is 9.26. The van der Waals surface area contributed by atoms with Gasteiger partial charge in [0.15, 0.2) is 0 Å². The van der Waals surface area contributed by atoms with Gasteiger partial charge in [-0.2, -0.15) is 0 Å². The van der Waals surface area contributed by atoms with Gasteiger partial charge >= 0.3 is 0 Å². The molecule has 1 aliphatic carbocycles. The van der Waals surface area contributed by atoms with Crippen LogP contribution in [0.5, 0.6) is 0 Å². The number of hydrogen-bond donors (Lipinski definition) is 1. The lowest BCUT2D eigenvalue weighted by atomic mass is 9.70. The molecule has 0 heterocycles. The van der Waals surface area contributed by atoms with E-state index in [1.165, 1.54) is 5.56 Å². The highest BCUT2D eigenvalue weighted by atomic mass is 35.5. The molecule has 3 rings (SSSR count). The molecular formula is C22H28ClNO2. The van der Waals surface area contributed by atoms with Crippen molar-refractivity contribution in [3.05, 3.63) is 70.7 Å². The second-order valence-corrected chi connectivity index (χ2v) is 8.02. The third-order valence-electron chi connectivity index (χ3n) is 5.33. The Kier molecular flexibility index (Phi) is 6.36. The Morgan fingerprint density at radius 3 is 2.46 bits per heavy atom. The number of hydrogen-bond acceptors (Lipinski definition) is 3. The smallest absolute Gasteiger partial charge is 0.0938 e. The van der Waals surface area contributed by atoms with Gasteiger partial charge < -0.3 is 14.7 Å². The lowest BCUT2D eigenvalue weighted by molar-refractivity contribution is -0.110. The lowest BCUT2D eigenvalue weighted by Crippen LogP contribution is -2.46. The molecule has 3 unspecified atom stereocenters. The van der Waals surface area contributed by atoms with Gasteiger partial charge in [-0.05, 0) is 56.6 Å². The number of ether oxygens (including phenoxy) is 1. The molecule has 0 aliphatic heterocycles. The van der Waals surface area contributed by atoms with Gasteiger partial charge in [-0.3, -0.25) is 0 Å². The molecule has 1 aliphatic rings.